The minimum absolute atomic E-state index is 0.219. The molecule has 0 N–H and O–H groups in total. The molecule has 2 heteroatoms. The molecule has 0 spiro atoms. The van der Waals surface area contributed by atoms with E-state index in [1.54, 1.807) is 13.0 Å². The van der Waals surface area contributed by atoms with Crippen molar-refractivity contribution in [3.63, 3.8) is 0 Å². The van der Waals surface area contributed by atoms with E-state index in [-0.39, 0.29) is 5.97 Å². The van der Waals surface area contributed by atoms with Gasteiger partial charge in [0.05, 0.1) is 6.26 Å². The van der Waals surface area contributed by atoms with Crippen LogP contribution in [-0.2, 0) is 9.53 Å². The maximum absolute atomic E-state index is 10.5. The highest BCUT2D eigenvalue weighted by Gasteiger charge is 1.94. The predicted octanol–water partition coefficient (Wildman–Crippen LogP) is 1.68. The highest BCUT2D eigenvalue weighted by atomic mass is 16.5. The largest absolute Gasteiger partial charge is 0.435 e. The van der Waals surface area contributed by atoms with Crippen molar-refractivity contribution in [1.29, 1.82) is 0 Å². The van der Waals surface area contributed by atoms with E-state index >= 15 is 0 Å². The number of hydrogen-bond donors (Lipinski definition) is 0. The van der Waals surface area contributed by atoms with Gasteiger partial charge >= 0.3 is 5.97 Å². The first kappa shape index (κ1) is 8.21. The van der Waals surface area contributed by atoms with Gasteiger partial charge < -0.3 is 4.74 Å². The quantitative estimate of drug-likeness (QED) is 0.426. The van der Waals surface area contributed by atoms with Crippen molar-refractivity contribution >= 4 is 5.97 Å². The van der Waals surface area contributed by atoms with Gasteiger partial charge in [-0.15, -0.1) is 0 Å². The second-order valence-electron chi connectivity index (χ2n) is 1.56. The molecule has 0 aromatic heterocycles. The lowest BCUT2D eigenvalue weighted by atomic mass is 10.3. The van der Waals surface area contributed by atoms with Gasteiger partial charge in [0.2, 0.25) is 0 Å². The van der Waals surface area contributed by atoms with Crippen LogP contribution in [0.2, 0.25) is 0 Å². The molecule has 0 bridgehead atoms. The number of carbonyl (C=O) groups excluding carboxylic acids is 1. The second-order valence-corrected chi connectivity index (χ2v) is 1.56. The van der Waals surface area contributed by atoms with Crippen LogP contribution in [0.25, 0.3) is 0 Å². The van der Waals surface area contributed by atoms with E-state index in [0.717, 1.165) is 0 Å². The van der Waals surface area contributed by atoms with Crippen LogP contribution in [0.5, 0.6) is 0 Å². The third-order valence-corrected chi connectivity index (χ3v) is 0.716. The Kier molecular flexibility index (Phi) is 4.88. The number of carbonyl (C=O) groups is 1. The van der Waals surface area contributed by atoms with Gasteiger partial charge in [-0.3, -0.25) is 4.79 Å². The average molecular weight is 127 g/mol. The number of esters is 1. The minimum Gasteiger partial charge on any atom is -0.435 e. The van der Waals surface area contributed by atoms with Gasteiger partial charge in [-0.25, -0.2) is 0 Å². The van der Waals surface area contributed by atoms with E-state index in [1.807, 2.05) is 0 Å². The SMILES string of the molecule is [CH2]CCC(=O)OC=CC. The van der Waals surface area contributed by atoms with Crippen LogP contribution in [0.3, 0.4) is 0 Å². The molecule has 2 nitrogen and oxygen atoms in total. The van der Waals surface area contributed by atoms with Crippen molar-refractivity contribution in [1.82, 2.24) is 0 Å². The molecule has 9 heavy (non-hydrogen) atoms. The molecule has 0 aromatic carbocycles. The number of allylic oxidation sites excluding steroid dienone is 1. The Morgan fingerprint density at radius 2 is 2.44 bits per heavy atom. The van der Waals surface area contributed by atoms with Crippen molar-refractivity contribution in [3.05, 3.63) is 19.3 Å². The fraction of sp³-hybridized carbons (Fsp3) is 0.429. The molecule has 0 saturated heterocycles. The van der Waals surface area contributed by atoms with E-state index in [0.29, 0.717) is 12.8 Å². The zero-order chi connectivity index (χ0) is 7.11. The van der Waals surface area contributed by atoms with Crippen LogP contribution >= 0.6 is 0 Å². The Bertz CT molecular complexity index is 105. The fourth-order valence-electron chi connectivity index (χ4n) is 0.347. The van der Waals surface area contributed by atoms with Crippen molar-refractivity contribution < 1.29 is 9.53 Å². The topological polar surface area (TPSA) is 26.3 Å². The molecule has 0 unspecified atom stereocenters. The summed E-state index contributed by atoms with van der Waals surface area (Å²) in [4.78, 5) is 10.5. The van der Waals surface area contributed by atoms with Gasteiger partial charge in [-0.1, -0.05) is 13.0 Å². The smallest absolute Gasteiger partial charge is 0.310 e. The van der Waals surface area contributed by atoms with Crippen LogP contribution in [-0.4, -0.2) is 5.97 Å². The van der Waals surface area contributed by atoms with Crippen molar-refractivity contribution in [2.24, 2.45) is 0 Å². The molecule has 0 aliphatic carbocycles. The summed E-state index contributed by atoms with van der Waals surface area (Å²) in [5, 5.41) is 0. The third kappa shape index (κ3) is 5.07. The van der Waals surface area contributed by atoms with Crippen LogP contribution in [0.1, 0.15) is 19.8 Å². The molecule has 0 fully saturated rings. The number of rotatable bonds is 3. The first-order valence-electron chi connectivity index (χ1n) is 2.91. The zero-order valence-electron chi connectivity index (χ0n) is 5.59. The van der Waals surface area contributed by atoms with Crippen LogP contribution < -0.4 is 0 Å². The molecule has 51 valence electrons. The molecule has 0 aliphatic rings. The fourth-order valence-corrected chi connectivity index (χ4v) is 0.347. The van der Waals surface area contributed by atoms with Crippen molar-refractivity contribution in [2.75, 3.05) is 0 Å². The molecule has 0 aliphatic heterocycles. The summed E-state index contributed by atoms with van der Waals surface area (Å²) in [5.41, 5.74) is 0. The van der Waals surface area contributed by atoms with Crippen molar-refractivity contribution in [3.8, 4) is 0 Å². The summed E-state index contributed by atoms with van der Waals surface area (Å²) in [6.07, 6.45) is 4.03. The molecule has 0 rings (SSSR count). The van der Waals surface area contributed by atoms with Gasteiger partial charge in [0.15, 0.2) is 0 Å². The molecule has 0 atom stereocenters. The van der Waals surface area contributed by atoms with Gasteiger partial charge in [0.25, 0.3) is 0 Å². The van der Waals surface area contributed by atoms with E-state index in [2.05, 4.69) is 11.7 Å². The second kappa shape index (κ2) is 5.35. The maximum Gasteiger partial charge on any atom is 0.310 e. The average Bonchev–Trinajstić information content (AvgIpc) is 1.85. The predicted molar refractivity (Wildman–Crippen MR) is 35.5 cm³/mol. The summed E-state index contributed by atoms with van der Waals surface area (Å²) in [7, 11) is 0. The summed E-state index contributed by atoms with van der Waals surface area (Å²) in [6.45, 7) is 5.30. The highest BCUT2D eigenvalue weighted by Crippen LogP contribution is 1.90. The number of ether oxygens (including phenoxy) is 1. The third-order valence-electron chi connectivity index (χ3n) is 0.716. The van der Waals surface area contributed by atoms with Crippen LogP contribution in [0.15, 0.2) is 12.3 Å². The van der Waals surface area contributed by atoms with E-state index in [4.69, 9.17) is 0 Å². The highest BCUT2D eigenvalue weighted by molar-refractivity contribution is 5.69. The summed E-state index contributed by atoms with van der Waals surface area (Å²) >= 11 is 0. The summed E-state index contributed by atoms with van der Waals surface area (Å²) < 4.78 is 4.57. The Morgan fingerprint density at radius 3 is 2.89 bits per heavy atom. The standard InChI is InChI=1S/C7H11O2/c1-3-5-7(8)9-6-4-2/h4,6H,1,3,5H2,2H3. The lowest BCUT2D eigenvalue weighted by Crippen LogP contribution is -1.96. The van der Waals surface area contributed by atoms with Crippen LogP contribution in [0.4, 0.5) is 0 Å². The lowest BCUT2D eigenvalue weighted by molar-refractivity contribution is -0.137. The minimum atomic E-state index is -0.219. The molecule has 0 aromatic rings. The molecule has 0 saturated carbocycles. The Balaban J connectivity index is 3.27. The van der Waals surface area contributed by atoms with Crippen molar-refractivity contribution in [2.45, 2.75) is 19.8 Å². The van der Waals surface area contributed by atoms with E-state index in [9.17, 15) is 4.79 Å². The van der Waals surface area contributed by atoms with Gasteiger partial charge in [0.1, 0.15) is 0 Å². The summed E-state index contributed by atoms with van der Waals surface area (Å²) in [6, 6.07) is 0. The van der Waals surface area contributed by atoms with E-state index in [1.165, 1.54) is 6.26 Å². The molecule has 0 heterocycles. The van der Waals surface area contributed by atoms with Gasteiger partial charge in [-0.2, -0.15) is 0 Å². The molecular weight excluding hydrogens is 116 g/mol. The first-order valence-corrected chi connectivity index (χ1v) is 2.91. The monoisotopic (exact) mass is 127 g/mol. The normalized spacial score (nSPS) is 10.0. The zero-order valence-corrected chi connectivity index (χ0v) is 5.59. The Hall–Kier alpha value is -0.790. The number of hydrogen-bond acceptors (Lipinski definition) is 2. The van der Waals surface area contributed by atoms with Crippen LogP contribution in [0, 0.1) is 6.92 Å². The van der Waals surface area contributed by atoms with Gasteiger partial charge in [-0.05, 0) is 13.3 Å². The van der Waals surface area contributed by atoms with Gasteiger partial charge in [0, 0.05) is 6.42 Å². The Morgan fingerprint density at radius 1 is 1.78 bits per heavy atom. The Labute approximate surface area is 55.5 Å². The molecule has 0 amide bonds. The maximum atomic E-state index is 10.5. The van der Waals surface area contributed by atoms with E-state index < -0.39 is 0 Å². The first-order chi connectivity index (χ1) is 4.31. The molecular formula is C7H11O2. The summed E-state index contributed by atoms with van der Waals surface area (Å²) in [5.74, 6) is -0.219. The molecule has 1 radical (unpaired) electrons. The lowest BCUT2D eigenvalue weighted by Gasteiger charge is -1.93.